The number of rotatable bonds is 9. The normalized spacial score (nSPS) is 10.9. The van der Waals surface area contributed by atoms with Gasteiger partial charge in [0.15, 0.2) is 0 Å². The van der Waals surface area contributed by atoms with Gasteiger partial charge in [-0.15, -0.1) is 16.4 Å². The highest BCUT2D eigenvalue weighted by atomic mass is 32.1. The quantitative estimate of drug-likeness (QED) is 0.690. The molecule has 0 spiro atoms. The van der Waals surface area contributed by atoms with Crippen molar-refractivity contribution in [3.05, 3.63) is 27.8 Å². The van der Waals surface area contributed by atoms with Crippen LogP contribution in [0.3, 0.4) is 0 Å². The highest BCUT2D eigenvalue weighted by molar-refractivity contribution is 7.10. The van der Waals surface area contributed by atoms with Crippen LogP contribution in [-0.4, -0.2) is 30.5 Å². The molecule has 0 unspecified atom stereocenters. The van der Waals surface area contributed by atoms with Gasteiger partial charge in [-0.1, -0.05) is 12.0 Å². The number of methoxy groups -OCH3 is 1. The molecule has 0 aliphatic carbocycles. The first kappa shape index (κ1) is 15.0. The van der Waals surface area contributed by atoms with Gasteiger partial charge in [0.05, 0.1) is 19.7 Å². The number of aryl methyl sites for hydroxylation is 1. The van der Waals surface area contributed by atoms with E-state index >= 15 is 0 Å². The van der Waals surface area contributed by atoms with Gasteiger partial charge in [-0.3, -0.25) is 0 Å². The molecule has 0 fully saturated rings. The van der Waals surface area contributed by atoms with E-state index in [1.54, 1.807) is 18.4 Å². The van der Waals surface area contributed by atoms with Crippen molar-refractivity contribution in [3.8, 4) is 0 Å². The van der Waals surface area contributed by atoms with Crippen LogP contribution in [0.4, 0.5) is 6.01 Å². The van der Waals surface area contributed by atoms with Crippen molar-refractivity contribution in [2.75, 3.05) is 25.6 Å². The fourth-order valence-electron chi connectivity index (χ4n) is 1.76. The van der Waals surface area contributed by atoms with Crippen LogP contribution in [0.1, 0.15) is 23.3 Å². The molecule has 2 aromatic heterocycles. The molecule has 0 amide bonds. The minimum absolute atomic E-state index is 0.462. The molecule has 20 heavy (non-hydrogen) atoms. The Labute approximate surface area is 122 Å². The predicted molar refractivity (Wildman–Crippen MR) is 78.9 cm³/mol. The lowest BCUT2D eigenvalue weighted by Crippen LogP contribution is -2.18. The highest BCUT2D eigenvalue weighted by Crippen LogP contribution is 2.18. The van der Waals surface area contributed by atoms with E-state index in [2.05, 4.69) is 39.2 Å². The molecule has 0 saturated heterocycles. The number of nitrogens with one attached hydrogen (secondary N) is 2. The summed E-state index contributed by atoms with van der Waals surface area (Å²) in [6, 6.07) is 2.62. The lowest BCUT2D eigenvalue weighted by molar-refractivity contribution is 0.198. The molecular formula is C13H20N4O2S. The number of anilines is 1. The zero-order chi connectivity index (χ0) is 14.2. The summed E-state index contributed by atoms with van der Waals surface area (Å²) >= 11 is 1.74. The number of hydrogen-bond acceptors (Lipinski definition) is 7. The van der Waals surface area contributed by atoms with E-state index in [9.17, 15) is 0 Å². The molecule has 2 heterocycles. The van der Waals surface area contributed by atoms with Crippen LogP contribution in [-0.2, 0) is 24.2 Å². The second kappa shape index (κ2) is 7.98. The molecule has 0 saturated carbocycles. The molecule has 2 aromatic rings. The van der Waals surface area contributed by atoms with Crippen molar-refractivity contribution in [3.63, 3.8) is 0 Å². The summed E-state index contributed by atoms with van der Waals surface area (Å²) in [4.78, 5) is 1.31. The Morgan fingerprint density at radius 2 is 2.25 bits per heavy atom. The van der Waals surface area contributed by atoms with Gasteiger partial charge in [0, 0.05) is 18.5 Å². The summed E-state index contributed by atoms with van der Waals surface area (Å²) < 4.78 is 10.4. The molecule has 0 atom stereocenters. The molecule has 110 valence electrons. The molecule has 0 aliphatic heterocycles. The molecule has 0 bridgehead atoms. The number of aromatic nitrogens is 2. The first-order valence-electron chi connectivity index (χ1n) is 6.64. The fourth-order valence-corrected chi connectivity index (χ4v) is 2.67. The Morgan fingerprint density at radius 1 is 1.35 bits per heavy atom. The van der Waals surface area contributed by atoms with E-state index in [-0.39, 0.29) is 0 Å². The summed E-state index contributed by atoms with van der Waals surface area (Å²) in [5, 5.41) is 16.4. The van der Waals surface area contributed by atoms with Gasteiger partial charge in [0.1, 0.15) is 0 Å². The molecule has 6 nitrogen and oxygen atoms in total. The van der Waals surface area contributed by atoms with Gasteiger partial charge in [-0.2, -0.15) is 0 Å². The first-order chi connectivity index (χ1) is 9.83. The largest absolute Gasteiger partial charge is 0.407 e. The Balaban J connectivity index is 1.78. The van der Waals surface area contributed by atoms with E-state index < -0.39 is 0 Å². The van der Waals surface area contributed by atoms with Gasteiger partial charge in [0.25, 0.3) is 0 Å². The molecule has 0 aromatic carbocycles. The van der Waals surface area contributed by atoms with Crippen LogP contribution in [0.2, 0.25) is 0 Å². The second-order valence-corrected chi connectivity index (χ2v) is 5.25. The Morgan fingerprint density at radius 3 is 3.05 bits per heavy atom. The van der Waals surface area contributed by atoms with Crippen molar-refractivity contribution in [1.29, 1.82) is 0 Å². The molecule has 2 N–H and O–H groups in total. The van der Waals surface area contributed by atoms with Gasteiger partial charge in [0.2, 0.25) is 5.89 Å². The first-order valence-corrected chi connectivity index (χ1v) is 7.52. The standard InChI is InChI=1S/C13H20N4O2S/c1-3-10-4-7-20-11(10)8-15-13-17-16-12(19-13)9-14-5-6-18-2/h4,7,14H,3,5-6,8-9H2,1-2H3,(H,15,17). The van der Waals surface area contributed by atoms with Crippen LogP contribution in [0, 0.1) is 0 Å². The zero-order valence-electron chi connectivity index (χ0n) is 11.8. The van der Waals surface area contributed by atoms with Crippen molar-refractivity contribution in [1.82, 2.24) is 15.5 Å². The fraction of sp³-hybridized carbons (Fsp3) is 0.538. The monoisotopic (exact) mass is 296 g/mol. The van der Waals surface area contributed by atoms with E-state index in [1.165, 1.54) is 10.4 Å². The lowest BCUT2D eigenvalue weighted by atomic mass is 10.2. The predicted octanol–water partition coefficient (Wildman–Crippen LogP) is 2.04. The highest BCUT2D eigenvalue weighted by Gasteiger charge is 2.07. The third-order valence-electron chi connectivity index (χ3n) is 2.84. The van der Waals surface area contributed by atoms with Crippen molar-refractivity contribution >= 4 is 17.4 Å². The maximum absolute atomic E-state index is 5.50. The Kier molecular flexibility index (Phi) is 5.97. The molecule has 2 rings (SSSR count). The number of thiophene rings is 1. The summed E-state index contributed by atoms with van der Waals surface area (Å²) in [7, 11) is 1.67. The topological polar surface area (TPSA) is 72.2 Å². The number of hydrogen-bond donors (Lipinski definition) is 2. The van der Waals surface area contributed by atoms with Crippen LogP contribution in [0.25, 0.3) is 0 Å². The number of ether oxygens (including phenoxy) is 1. The molecule has 0 aliphatic rings. The van der Waals surface area contributed by atoms with Crippen LogP contribution < -0.4 is 10.6 Å². The Bertz CT molecular complexity index is 512. The van der Waals surface area contributed by atoms with Crippen molar-refractivity contribution in [2.45, 2.75) is 26.4 Å². The van der Waals surface area contributed by atoms with Gasteiger partial charge in [-0.05, 0) is 23.4 Å². The third kappa shape index (κ3) is 4.29. The van der Waals surface area contributed by atoms with E-state index in [0.717, 1.165) is 19.5 Å². The van der Waals surface area contributed by atoms with E-state index in [1.807, 2.05) is 0 Å². The van der Waals surface area contributed by atoms with E-state index in [0.29, 0.717) is 25.1 Å². The lowest BCUT2D eigenvalue weighted by Gasteiger charge is -2.02. The minimum Gasteiger partial charge on any atom is -0.407 e. The van der Waals surface area contributed by atoms with Crippen molar-refractivity contribution in [2.24, 2.45) is 0 Å². The smallest absolute Gasteiger partial charge is 0.315 e. The molecule has 0 radical (unpaired) electrons. The van der Waals surface area contributed by atoms with Crippen molar-refractivity contribution < 1.29 is 9.15 Å². The summed E-state index contributed by atoms with van der Waals surface area (Å²) in [5.74, 6) is 0.575. The third-order valence-corrected chi connectivity index (χ3v) is 3.81. The zero-order valence-corrected chi connectivity index (χ0v) is 12.6. The average Bonchev–Trinajstić information content (AvgIpc) is 3.10. The van der Waals surface area contributed by atoms with Gasteiger partial charge < -0.3 is 19.8 Å². The minimum atomic E-state index is 0.462. The maximum Gasteiger partial charge on any atom is 0.315 e. The number of nitrogens with zero attached hydrogens (tertiary/aromatic N) is 2. The SMILES string of the molecule is CCc1ccsc1CNc1nnc(CNCCOC)o1. The maximum atomic E-state index is 5.50. The summed E-state index contributed by atoms with van der Waals surface area (Å²) in [5.41, 5.74) is 1.36. The van der Waals surface area contributed by atoms with Crippen LogP contribution in [0.5, 0.6) is 0 Å². The van der Waals surface area contributed by atoms with Crippen LogP contribution >= 0.6 is 11.3 Å². The summed E-state index contributed by atoms with van der Waals surface area (Å²) in [6.07, 6.45) is 1.04. The Hall–Kier alpha value is -1.44. The molecule has 7 heteroatoms. The van der Waals surface area contributed by atoms with Crippen LogP contribution in [0.15, 0.2) is 15.9 Å². The van der Waals surface area contributed by atoms with Gasteiger partial charge in [-0.25, -0.2) is 0 Å². The average molecular weight is 296 g/mol. The van der Waals surface area contributed by atoms with Gasteiger partial charge >= 0.3 is 6.01 Å². The second-order valence-electron chi connectivity index (χ2n) is 4.25. The molecular weight excluding hydrogens is 276 g/mol. The van der Waals surface area contributed by atoms with E-state index in [4.69, 9.17) is 9.15 Å². The summed E-state index contributed by atoms with van der Waals surface area (Å²) in [6.45, 7) is 4.85.